The fraction of sp³-hybridized carbons (Fsp3) is 0.167. The fourth-order valence-corrected chi connectivity index (χ4v) is 4.08. The zero-order chi connectivity index (χ0) is 21.8. The summed E-state index contributed by atoms with van der Waals surface area (Å²) in [5, 5.41) is 10.0. The van der Waals surface area contributed by atoms with Crippen molar-refractivity contribution in [1.29, 1.82) is 0 Å². The minimum Gasteiger partial charge on any atom is -0.477 e. The summed E-state index contributed by atoms with van der Waals surface area (Å²) in [4.78, 5) is 11.9. The first-order valence-electron chi connectivity index (χ1n) is 8.22. The van der Waals surface area contributed by atoms with Crippen LogP contribution in [-0.4, -0.2) is 22.7 Å². The molecule has 158 valence electrons. The van der Waals surface area contributed by atoms with Gasteiger partial charge in [0.25, 0.3) is 5.91 Å². The van der Waals surface area contributed by atoms with Crippen LogP contribution < -0.4 is 10.1 Å². The molecule has 0 spiro atoms. The number of hydrogen-bond donors (Lipinski definition) is 1. The Kier molecular flexibility index (Phi) is 6.87. The minimum absolute atomic E-state index is 0.0910. The number of aromatic nitrogens is 2. The van der Waals surface area contributed by atoms with E-state index in [1.54, 1.807) is 0 Å². The molecule has 0 aliphatic heterocycles. The highest BCUT2D eigenvalue weighted by Gasteiger charge is 2.27. The van der Waals surface area contributed by atoms with E-state index < -0.39 is 47.3 Å². The maximum Gasteiger partial charge on any atom is 0.264 e. The molecule has 0 bridgehead atoms. The SMILES string of the molecule is Cc1ccccc1CSc1nnc(NC(=O)COc2c(F)c(F)c(F)c(F)c2F)s1. The third kappa shape index (κ3) is 4.87. The third-order valence-corrected chi connectivity index (χ3v) is 5.80. The first kappa shape index (κ1) is 22.0. The lowest BCUT2D eigenvalue weighted by Crippen LogP contribution is -2.21. The monoisotopic (exact) mass is 461 g/mol. The normalized spacial score (nSPS) is 10.9. The molecule has 0 atom stereocenters. The Labute approximate surface area is 175 Å². The van der Waals surface area contributed by atoms with Crippen LogP contribution in [0.2, 0.25) is 0 Å². The maximum absolute atomic E-state index is 13.5. The Hall–Kier alpha value is -2.73. The van der Waals surface area contributed by atoms with Crippen LogP contribution >= 0.6 is 23.1 Å². The van der Waals surface area contributed by atoms with E-state index in [9.17, 15) is 26.7 Å². The van der Waals surface area contributed by atoms with E-state index in [0.29, 0.717) is 10.1 Å². The standard InChI is InChI=1S/C18H12F5N3O2S2/c1-8-4-2-3-5-9(8)7-29-18-26-25-17(30-18)24-10(27)6-28-16-14(22)12(20)11(19)13(21)15(16)23/h2-5H,6-7H2,1H3,(H,24,25,27). The zero-order valence-corrected chi connectivity index (χ0v) is 16.8. The van der Waals surface area contributed by atoms with Crippen LogP contribution in [0, 0.1) is 36.0 Å². The van der Waals surface area contributed by atoms with Crippen molar-refractivity contribution in [2.24, 2.45) is 0 Å². The van der Waals surface area contributed by atoms with E-state index in [1.165, 1.54) is 11.8 Å². The molecule has 0 aliphatic rings. The van der Waals surface area contributed by atoms with Crippen molar-refractivity contribution < 1.29 is 31.5 Å². The second-order valence-electron chi connectivity index (χ2n) is 5.82. The second-order valence-corrected chi connectivity index (χ2v) is 8.02. The molecule has 30 heavy (non-hydrogen) atoms. The third-order valence-electron chi connectivity index (χ3n) is 3.78. The summed E-state index contributed by atoms with van der Waals surface area (Å²) in [6.45, 7) is 0.982. The molecule has 0 radical (unpaired) electrons. The fourth-order valence-electron chi connectivity index (χ4n) is 2.23. The highest BCUT2D eigenvalue weighted by atomic mass is 32.2. The molecule has 2 aromatic carbocycles. The highest BCUT2D eigenvalue weighted by molar-refractivity contribution is 8.00. The van der Waals surface area contributed by atoms with Gasteiger partial charge in [0.15, 0.2) is 16.7 Å². The van der Waals surface area contributed by atoms with E-state index in [1.807, 2.05) is 31.2 Å². The van der Waals surface area contributed by atoms with Crippen LogP contribution in [0.25, 0.3) is 0 Å². The molecule has 0 aliphatic carbocycles. The van der Waals surface area contributed by atoms with Crippen LogP contribution in [0.15, 0.2) is 28.6 Å². The van der Waals surface area contributed by atoms with Crippen LogP contribution in [0.1, 0.15) is 11.1 Å². The quantitative estimate of drug-likeness (QED) is 0.179. The summed E-state index contributed by atoms with van der Waals surface area (Å²) >= 11 is 2.46. The summed E-state index contributed by atoms with van der Waals surface area (Å²) in [6, 6.07) is 7.80. The van der Waals surface area contributed by atoms with Gasteiger partial charge in [0.2, 0.25) is 34.2 Å². The molecule has 0 saturated carbocycles. The average molecular weight is 461 g/mol. The number of carbonyl (C=O) groups is 1. The van der Waals surface area contributed by atoms with Crippen LogP contribution in [0.3, 0.4) is 0 Å². The van der Waals surface area contributed by atoms with Crippen LogP contribution in [0.4, 0.5) is 27.1 Å². The number of ether oxygens (including phenoxy) is 1. The molecule has 0 fully saturated rings. The summed E-state index contributed by atoms with van der Waals surface area (Å²) in [7, 11) is 0. The Bertz CT molecular complexity index is 1060. The largest absolute Gasteiger partial charge is 0.477 e. The number of benzene rings is 2. The molecule has 3 aromatic rings. The Morgan fingerprint density at radius 1 is 1.03 bits per heavy atom. The molecule has 1 heterocycles. The van der Waals surface area contributed by atoms with E-state index in [2.05, 4.69) is 20.3 Å². The number of anilines is 1. The van der Waals surface area contributed by atoms with Gasteiger partial charge in [0.1, 0.15) is 0 Å². The first-order valence-corrected chi connectivity index (χ1v) is 10.0. The van der Waals surface area contributed by atoms with Gasteiger partial charge < -0.3 is 4.74 Å². The van der Waals surface area contributed by atoms with Gasteiger partial charge in [0.05, 0.1) is 0 Å². The molecule has 1 aromatic heterocycles. The maximum atomic E-state index is 13.5. The molecule has 5 nitrogen and oxygen atoms in total. The molecule has 1 amide bonds. The van der Waals surface area contributed by atoms with Crippen molar-refractivity contribution in [3.05, 3.63) is 64.5 Å². The Morgan fingerprint density at radius 2 is 1.67 bits per heavy atom. The number of nitrogens with zero attached hydrogens (tertiary/aromatic N) is 2. The van der Waals surface area contributed by atoms with Crippen molar-refractivity contribution in [1.82, 2.24) is 10.2 Å². The molecule has 0 unspecified atom stereocenters. The molecular formula is C18H12F5N3O2S2. The van der Waals surface area contributed by atoms with Crippen LogP contribution in [0.5, 0.6) is 5.75 Å². The number of nitrogens with one attached hydrogen (secondary N) is 1. The number of amides is 1. The topological polar surface area (TPSA) is 64.1 Å². The summed E-state index contributed by atoms with van der Waals surface area (Å²) in [5.41, 5.74) is 2.23. The number of carbonyl (C=O) groups excluding carboxylic acids is 1. The van der Waals surface area contributed by atoms with E-state index in [4.69, 9.17) is 0 Å². The van der Waals surface area contributed by atoms with Gasteiger partial charge in [-0.1, -0.05) is 47.4 Å². The van der Waals surface area contributed by atoms with Crippen molar-refractivity contribution in [3.63, 3.8) is 0 Å². The van der Waals surface area contributed by atoms with Gasteiger partial charge in [0, 0.05) is 5.75 Å². The number of aryl methyl sites for hydroxylation is 1. The van der Waals surface area contributed by atoms with Crippen molar-refractivity contribution in [2.45, 2.75) is 17.0 Å². The van der Waals surface area contributed by atoms with Gasteiger partial charge in [-0.15, -0.1) is 10.2 Å². The summed E-state index contributed by atoms with van der Waals surface area (Å²) in [6.07, 6.45) is 0. The molecular weight excluding hydrogens is 449 g/mol. The molecule has 0 saturated heterocycles. The minimum atomic E-state index is -2.31. The van der Waals surface area contributed by atoms with Crippen molar-refractivity contribution in [3.8, 4) is 5.75 Å². The van der Waals surface area contributed by atoms with Gasteiger partial charge in [-0.05, 0) is 18.1 Å². The van der Waals surface area contributed by atoms with Gasteiger partial charge in [-0.3, -0.25) is 10.1 Å². The number of halogens is 5. The lowest BCUT2D eigenvalue weighted by Gasteiger charge is -2.09. The molecule has 12 heteroatoms. The molecule has 1 N–H and O–H groups in total. The van der Waals surface area contributed by atoms with E-state index >= 15 is 0 Å². The smallest absolute Gasteiger partial charge is 0.264 e. The lowest BCUT2D eigenvalue weighted by molar-refractivity contribution is -0.118. The summed E-state index contributed by atoms with van der Waals surface area (Å²) in [5.74, 6) is -12.8. The number of rotatable bonds is 7. The lowest BCUT2D eigenvalue weighted by atomic mass is 10.1. The first-order chi connectivity index (χ1) is 14.3. The summed E-state index contributed by atoms with van der Waals surface area (Å²) < 4.78 is 71.4. The number of thioether (sulfide) groups is 1. The second kappa shape index (κ2) is 9.39. The predicted octanol–water partition coefficient (Wildman–Crippen LogP) is 4.85. The highest BCUT2D eigenvalue weighted by Crippen LogP contribution is 2.30. The predicted molar refractivity (Wildman–Crippen MR) is 101 cm³/mol. The van der Waals surface area contributed by atoms with Gasteiger partial charge in [-0.2, -0.15) is 8.78 Å². The van der Waals surface area contributed by atoms with E-state index in [0.717, 1.165) is 22.5 Å². The average Bonchev–Trinajstić information content (AvgIpc) is 3.17. The van der Waals surface area contributed by atoms with Crippen LogP contribution in [-0.2, 0) is 10.5 Å². The number of hydrogen-bond acceptors (Lipinski definition) is 6. The van der Waals surface area contributed by atoms with Gasteiger partial charge >= 0.3 is 0 Å². The van der Waals surface area contributed by atoms with E-state index in [-0.39, 0.29) is 5.13 Å². The van der Waals surface area contributed by atoms with Crippen molar-refractivity contribution >= 4 is 34.1 Å². The Morgan fingerprint density at radius 3 is 2.33 bits per heavy atom. The Balaban J connectivity index is 1.57. The van der Waals surface area contributed by atoms with Crippen molar-refractivity contribution in [2.75, 3.05) is 11.9 Å². The van der Waals surface area contributed by atoms with Gasteiger partial charge in [-0.25, -0.2) is 13.2 Å². The molecule has 3 rings (SSSR count). The zero-order valence-electron chi connectivity index (χ0n) is 15.1.